The van der Waals surface area contributed by atoms with Gasteiger partial charge in [0.15, 0.2) is 5.76 Å². The molecule has 2 N–H and O–H groups in total. The lowest BCUT2D eigenvalue weighted by Gasteiger charge is -2.30. The Balaban J connectivity index is 2.34. The van der Waals surface area contributed by atoms with Gasteiger partial charge in [-0.3, -0.25) is 0 Å². The lowest BCUT2D eigenvalue weighted by molar-refractivity contribution is -0.102. The predicted octanol–water partition coefficient (Wildman–Crippen LogP) is 0.976. The smallest absolute Gasteiger partial charge is 0.339 e. The van der Waals surface area contributed by atoms with Crippen LogP contribution in [0.25, 0.3) is 0 Å². The molecular weight excluding hydrogens is 200 g/mol. The normalized spacial score (nSPS) is 26.5. The lowest BCUT2D eigenvalue weighted by Crippen LogP contribution is -2.36. The van der Waals surface area contributed by atoms with Crippen LogP contribution < -0.4 is 0 Å². The molecule has 15 heavy (non-hydrogen) atoms. The second-order valence-electron chi connectivity index (χ2n) is 3.66. The van der Waals surface area contributed by atoms with Crippen LogP contribution in [0.1, 0.15) is 29.0 Å². The first kappa shape index (κ1) is 10.2. The van der Waals surface area contributed by atoms with E-state index in [0.29, 0.717) is 19.4 Å². The first-order valence-corrected chi connectivity index (χ1v) is 4.75. The molecule has 0 radical (unpaired) electrons. The Hall–Kier alpha value is -1.33. The zero-order valence-corrected chi connectivity index (χ0v) is 8.10. The van der Waals surface area contributed by atoms with Gasteiger partial charge in [-0.05, 0) is 18.9 Å². The number of ether oxygens (including phenoxy) is 1. The molecule has 1 atom stereocenters. The molecule has 1 aromatic heterocycles. The van der Waals surface area contributed by atoms with E-state index >= 15 is 0 Å². The van der Waals surface area contributed by atoms with Crippen molar-refractivity contribution in [3.05, 3.63) is 23.7 Å². The third-order valence-corrected chi connectivity index (χ3v) is 2.54. The number of furan rings is 1. The summed E-state index contributed by atoms with van der Waals surface area (Å²) in [6.45, 7) is 0.673. The van der Waals surface area contributed by atoms with Crippen molar-refractivity contribution >= 4 is 5.97 Å². The summed E-state index contributed by atoms with van der Waals surface area (Å²) < 4.78 is 10.2. The molecule has 0 aromatic carbocycles. The molecule has 5 heteroatoms. The molecular formula is C10H12O5. The average Bonchev–Trinajstić information content (AvgIpc) is 2.67. The summed E-state index contributed by atoms with van der Waals surface area (Å²) in [5.74, 6) is -1.01. The highest BCUT2D eigenvalue weighted by Gasteiger charge is 2.38. The molecule has 1 fully saturated rings. The van der Waals surface area contributed by atoms with Gasteiger partial charge in [0, 0.05) is 6.61 Å². The third-order valence-electron chi connectivity index (χ3n) is 2.54. The Labute approximate surface area is 86.3 Å². The predicted molar refractivity (Wildman–Crippen MR) is 49.6 cm³/mol. The number of hydrogen-bond donors (Lipinski definition) is 2. The van der Waals surface area contributed by atoms with Crippen LogP contribution >= 0.6 is 0 Å². The van der Waals surface area contributed by atoms with E-state index in [0.717, 1.165) is 0 Å². The molecule has 0 amide bonds. The fourth-order valence-corrected chi connectivity index (χ4v) is 1.80. The molecule has 2 heterocycles. The van der Waals surface area contributed by atoms with Gasteiger partial charge in [-0.1, -0.05) is 0 Å². The first-order chi connectivity index (χ1) is 7.13. The summed E-state index contributed by atoms with van der Waals surface area (Å²) in [4.78, 5) is 10.9. The maximum absolute atomic E-state index is 10.9. The topological polar surface area (TPSA) is 79.9 Å². The van der Waals surface area contributed by atoms with Crippen LogP contribution in [0.4, 0.5) is 0 Å². The van der Waals surface area contributed by atoms with Gasteiger partial charge in [-0.15, -0.1) is 0 Å². The van der Waals surface area contributed by atoms with Crippen LogP contribution in [0.5, 0.6) is 0 Å². The molecule has 1 aliphatic heterocycles. The summed E-state index contributed by atoms with van der Waals surface area (Å²) in [6, 6.07) is 1.34. The van der Waals surface area contributed by atoms with Gasteiger partial charge in [0.1, 0.15) is 11.2 Å². The van der Waals surface area contributed by atoms with E-state index in [9.17, 15) is 9.90 Å². The van der Waals surface area contributed by atoms with E-state index in [4.69, 9.17) is 14.3 Å². The number of aromatic carboxylic acids is 1. The molecule has 1 aliphatic rings. The SMILES string of the molecule is O=C(O)c1ccoc1C1(O)CCCOC1. The molecule has 0 saturated carbocycles. The zero-order chi connectivity index (χ0) is 10.9. The fraction of sp³-hybridized carbons (Fsp3) is 0.500. The fourth-order valence-electron chi connectivity index (χ4n) is 1.80. The summed E-state index contributed by atoms with van der Waals surface area (Å²) >= 11 is 0. The molecule has 0 bridgehead atoms. The van der Waals surface area contributed by atoms with Crippen molar-refractivity contribution < 1.29 is 24.2 Å². The van der Waals surface area contributed by atoms with Gasteiger partial charge in [-0.2, -0.15) is 0 Å². The van der Waals surface area contributed by atoms with Crippen molar-refractivity contribution in [3.63, 3.8) is 0 Å². The van der Waals surface area contributed by atoms with E-state index in [1.165, 1.54) is 12.3 Å². The standard InChI is InChI=1S/C10H12O5/c11-9(12)7-2-5-15-8(7)10(13)3-1-4-14-6-10/h2,5,13H,1,3-4,6H2,(H,11,12). The highest BCUT2D eigenvalue weighted by atomic mass is 16.5. The van der Waals surface area contributed by atoms with Gasteiger partial charge < -0.3 is 19.4 Å². The van der Waals surface area contributed by atoms with Gasteiger partial charge in [0.25, 0.3) is 0 Å². The zero-order valence-electron chi connectivity index (χ0n) is 8.10. The van der Waals surface area contributed by atoms with Gasteiger partial charge >= 0.3 is 5.97 Å². The van der Waals surface area contributed by atoms with Crippen LogP contribution in [0.3, 0.4) is 0 Å². The Bertz CT molecular complexity index is 362. The Kier molecular flexibility index (Phi) is 2.50. The van der Waals surface area contributed by atoms with Crippen LogP contribution in [-0.4, -0.2) is 29.4 Å². The van der Waals surface area contributed by atoms with Crippen molar-refractivity contribution in [2.75, 3.05) is 13.2 Å². The van der Waals surface area contributed by atoms with E-state index in [1.807, 2.05) is 0 Å². The number of rotatable bonds is 2. The van der Waals surface area contributed by atoms with E-state index in [2.05, 4.69) is 0 Å². The Morgan fingerprint density at radius 2 is 2.33 bits per heavy atom. The lowest BCUT2D eigenvalue weighted by atomic mass is 9.91. The van der Waals surface area contributed by atoms with Crippen molar-refractivity contribution in [1.82, 2.24) is 0 Å². The highest BCUT2D eigenvalue weighted by Crippen LogP contribution is 2.33. The molecule has 1 saturated heterocycles. The molecule has 1 unspecified atom stereocenters. The second kappa shape index (κ2) is 3.67. The van der Waals surface area contributed by atoms with E-state index < -0.39 is 11.6 Å². The maximum Gasteiger partial charge on any atom is 0.339 e. The van der Waals surface area contributed by atoms with Crippen molar-refractivity contribution in [1.29, 1.82) is 0 Å². The molecule has 2 rings (SSSR count). The number of carboxylic acid groups (broad SMARTS) is 1. The van der Waals surface area contributed by atoms with E-state index in [1.54, 1.807) is 0 Å². The molecule has 1 aromatic rings. The minimum Gasteiger partial charge on any atom is -0.478 e. The molecule has 82 valence electrons. The molecule has 0 spiro atoms. The van der Waals surface area contributed by atoms with E-state index in [-0.39, 0.29) is 17.9 Å². The minimum atomic E-state index is -1.30. The van der Waals surface area contributed by atoms with Gasteiger partial charge in [-0.25, -0.2) is 4.79 Å². The van der Waals surface area contributed by atoms with Crippen LogP contribution in [0.15, 0.2) is 16.7 Å². The summed E-state index contributed by atoms with van der Waals surface area (Å²) in [6.07, 6.45) is 2.42. The Morgan fingerprint density at radius 3 is 2.93 bits per heavy atom. The summed E-state index contributed by atoms with van der Waals surface area (Å²) in [5.41, 5.74) is -1.29. The second-order valence-corrected chi connectivity index (χ2v) is 3.66. The van der Waals surface area contributed by atoms with Crippen molar-refractivity contribution in [2.24, 2.45) is 0 Å². The largest absolute Gasteiger partial charge is 0.478 e. The monoisotopic (exact) mass is 212 g/mol. The Morgan fingerprint density at radius 1 is 1.53 bits per heavy atom. The van der Waals surface area contributed by atoms with Crippen LogP contribution in [0.2, 0.25) is 0 Å². The summed E-state index contributed by atoms with van der Waals surface area (Å²) in [7, 11) is 0. The number of hydrogen-bond acceptors (Lipinski definition) is 4. The van der Waals surface area contributed by atoms with Gasteiger partial charge in [0.05, 0.1) is 12.9 Å². The average molecular weight is 212 g/mol. The molecule has 5 nitrogen and oxygen atoms in total. The number of carboxylic acids is 1. The summed E-state index contributed by atoms with van der Waals surface area (Å²) in [5, 5.41) is 19.1. The minimum absolute atomic E-state index is 0.00278. The van der Waals surface area contributed by atoms with Crippen LogP contribution in [-0.2, 0) is 10.3 Å². The maximum atomic E-state index is 10.9. The number of aliphatic hydroxyl groups is 1. The first-order valence-electron chi connectivity index (χ1n) is 4.75. The van der Waals surface area contributed by atoms with Gasteiger partial charge in [0.2, 0.25) is 0 Å². The van der Waals surface area contributed by atoms with Crippen molar-refractivity contribution in [2.45, 2.75) is 18.4 Å². The van der Waals surface area contributed by atoms with Crippen LogP contribution in [0, 0.1) is 0 Å². The van der Waals surface area contributed by atoms with Crippen molar-refractivity contribution in [3.8, 4) is 0 Å². The third kappa shape index (κ3) is 1.75. The highest BCUT2D eigenvalue weighted by molar-refractivity contribution is 5.89. The molecule has 0 aliphatic carbocycles. The quantitative estimate of drug-likeness (QED) is 0.763. The number of carbonyl (C=O) groups is 1.